The molecule has 0 aromatic heterocycles. The van der Waals surface area contributed by atoms with E-state index in [1.807, 2.05) is 0 Å². The Hall–Kier alpha value is -0.370. The van der Waals surface area contributed by atoms with Crippen LogP contribution in [0.25, 0.3) is 0 Å². The summed E-state index contributed by atoms with van der Waals surface area (Å²) in [5.41, 5.74) is 5.59. The Balaban J connectivity index is 1.88. The fourth-order valence-electron chi connectivity index (χ4n) is 1.09. The lowest BCUT2D eigenvalue weighted by Crippen LogP contribution is -2.01. The summed E-state index contributed by atoms with van der Waals surface area (Å²) in [5.74, 6) is 0.796. The molecule has 1 aliphatic carbocycles. The second-order valence-corrected chi connectivity index (χ2v) is 2.79. The third kappa shape index (κ3) is 2.14. The molecule has 1 fully saturated rings. The number of hydrogen-bond acceptors (Lipinski definition) is 2. The van der Waals surface area contributed by atoms with Crippen LogP contribution in [-0.4, -0.2) is 12.3 Å². The van der Waals surface area contributed by atoms with E-state index in [1.165, 1.54) is 19.1 Å². The van der Waals surface area contributed by atoms with Crippen molar-refractivity contribution in [2.24, 2.45) is 11.7 Å². The number of nitrogens with one attached hydrogen (secondary N) is 1. The third-order valence-corrected chi connectivity index (χ3v) is 1.90. The second-order valence-electron chi connectivity index (χ2n) is 2.79. The Morgan fingerprint density at radius 2 is 2.33 bits per heavy atom. The molecule has 3 N–H and O–H groups in total. The van der Waals surface area contributed by atoms with Crippen molar-refractivity contribution in [2.45, 2.75) is 31.7 Å². The van der Waals surface area contributed by atoms with Crippen LogP contribution in [0, 0.1) is 11.3 Å². The summed E-state index contributed by atoms with van der Waals surface area (Å²) < 4.78 is 0. The molecule has 0 saturated heterocycles. The van der Waals surface area contributed by atoms with Gasteiger partial charge in [0.2, 0.25) is 0 Å². The van der Waals surface area contributed by atoms with Crippen molar-refractivity contribution < 1.29 is 0 Å². The molecule has 0 aromatic rings. The van der Waals surface area contributed by atoms with Gasteiger partial charge >= 0.3 is 0 Å². The van der Waals surface area contributed by atoms with Crippen molar-refractivity contribution in [3.63, 3.8) is 0 Å². The van der Waals surface area contributed by atoms with Gasteiger partial charge in [-0.1, -0.05) is 0 Å². The zero-order chi connectivity index (χ0) is 6.69. The average molecular weight is 126 g/mol. The topological polar surface area (TPSA) is 49.9 Å². The van der Waals surface area contributed by atoms with Crippen molar-refractivity contribution in [2.75, 3.05) is 0 Å². The number of hydrogen-bond donors (Lipinski definition) is 2. The summed E-state index contributed by atoms with van der Waals surface area (Å²) >= 11 is 0. The molecule has 2 nitrogen and oxygen atoms in total. The van der Waals surface area contributed by atoms with Gasteiger partial charge in [0.1, 0.15) is 0 Å². The predicted octanol–water partition coefficient (Wildman–Crippen LogP) is 1.15. The van der Waals surface area contributed by atoms with Gasteiger partial charge < -0.3 is 11.1 Å². The largest absolute Gasteiger partial charge is 0.327 e. The maximum atomic E-state index is 6.76. The summed E-state index contributed by atoms with van der Waals surface area (Å²) in [5, 5.41) is 6.76. The van der Waals surface area contributed by atoms with Crippen LogP contribution in [0.15, 0.2) is 0 Å². The predicted molar refractivity (Wildman–Crippen MR) is 38.7 cm³/mol. The van der Waals surface area contributed by atoms with E-state index >= 15 is 0 Å². The minimum absolute atomic E-state index is 0.496. The average Bonchev–Trinajstić information content (AvgIpc) is 2.48. The molecule has 1 aliphatic rings. The Morgan fingerprint density at radius 3 is 2.78 bits per heavy atom. The molecular weight excluding hydrogens is 112 g/mol. The van der Waals surface area contributed by atoms with E-state index < -0.39 is 0 Å². The fraction of sp³-hybridized carbons (Fsp3) is 0.857. The molecule has 0 spiro atoms. The molecular formula is C7H14N2. The van der Waals surface area contributed by atoms with Gasteiger partial charge in [-0.25, -0.2) is 0 Å². The van der Waals surface area contributed by atoms with E-state index in [1.54, 1.807) is 0 Å². The Labute approximate surface area is 55.9 Å². The highest BCUT2D eigenvalue weighted by Gasteiger charge is 2.31. The third-order valence-electron chi connectivity index (χ3n) is 1.90. The SMILES string of the molecule is N=CCCCC1CC1N. The molecule has 9 heavy (non-hydrogen) atoms. The number of unbranched alkanes of at least 4 members (excludes halogenated alkanes) is 1. The first kappa shape index (κ1) is 6.75. The lowest BCUT2D eigenvalue weighted by atomic mass is 10.2. The lowest BCUT2D eigenvalue weighted by Gasteiger charge is -1.91. The van der Waals surface area contributed by atoms with Crippen LogP contribution >= 0.6 is 0 Å². The van der Waals surface area contributed by atoms with E-state index in [0.717, 1.165) is 18.8 Å². The maximum absolute atomic E-state index is 6.76. The molecule has 2 unspecified atom stereocenters. The van der Waals surface area contributed by atoms with Crippen LogP contribution in [0.3, 0.4) is 0 Å². The van der Waals surface area contributed by atoms with Crippen molar-refractivity contribution in [3.05, 3.63) is 0 Å². The van der Waals surface area contributed by atoms with Crippen molar-refractivity contribution >= 4 is 6.21 Å². The Morgan fingerprint density at radius 1 is 1.67 bits per heavy atom. The highest BCUT2D eigenvalue weighted by molar-refractivity contribution is 5.52. The summed E-state index contributed by atoms with van der Waals surface area (Å²) in [6.45, 7) is 0. The number of nitrogens with two attached hydrogens (primary N) is 1. The fourth-order valence-corrected chi connectivity index (χ4v) is 1.09. The van der Waals surface area contributed by atoms with Gasteiger partial charge in [0.15, 0.2) is 0 Å². The van der Waals surface area contributed by atoms with Crippen LogP contribution < -0.4 is 5.73 Å². The maximum Gasteiger partial charge on any atom is 0.00709 e. The van der Waals surface area contributed by atoms with E-state index in [0.29, 0.717) is 6.04 Å². The van der Waals surface area contributed by atoms with Crippen molar-refractivity contribution in [1.29, 1.82) is 5.41 Å². The molecule has 2 heteroatoms. The van der Waals surface area contributed by atoms with Gasteiger partial charge in [0, 0.05) is 6.04 Å². The first-order valence-corrected chi connectivity index (χ1v) is 3.59. The van der Waals surface area contributed by atoms with Gasteiger partial charge in [-0.15, -0.1) is 0 Å². The molecule has 0 radical (unpaired) electrons. The van der Waals surface area contributed by atoms with Gasteiger partial charge in [-0.05, 0) is 37.8 Å². The highest BCUT2D eigenvalue weighted by Crippen LogP contribution is 2.32. The molecule has 0 aliphatic heterocycles. The molecule has 52 valence electrons. The quantitative estimate of drug-likeness (QED) is 0.431. The molecule has 0 amide bonds. The molecule has 1 saturated carbocycles. The molecule has 0 heterocycles. The first-order chi connectivity index (χ1) is 4.34. The summed E-state index contributed by atoms with van der Waals surface area (Å²) in [4.78, 5) is 0. The smallest absolute Gasteiger partial charge is 0.00709 e. The molecule has 0 bridgehead atoms. The van der Waals surface area contributed by atoms with Crippen LogP contribution in [0.2, 0.25) is 0 Å². The standard InChI is InChI=1S/C7H14N2/c8-4-2-1-3-6-5-7(6)9/h4,6-8H,1-3,5,9H2. The number of rotatable bonds is 4. The minimum Gasteiger partial charge on any atom is -0.327 e. The summed E-state index contributed by atoms with van der Waals surface area (Å²) in [7, 11) is 0. The lowest BCUT2D eigenvalue weighted by molar-refractivity contribution is 0.666. The van der Waals surface area contributed by atoms with E-state index in [9.17, 15) is 0 Å². The van der Waals surface area contributed by atoms with Crippen LogP contribution in [-0.2, 0) is 0 Å². The van der Waals surface area contributed by atoms with Gasteiger partial charge in [0.25, 0.3) is 0 Å². The highest BCUT2D eigenvalue weighted by atomic mass is 14.7. The van der Waals surface area contributed by atoms with Crippen molar-refractivity contribution in [1.82, 2.24) is 0 Å². The van der Waals surface area contributed by atoms with Gasteiger partial charge in [0.05, 0.1) is 0 Å². The monoisotopic (exact) mass is 126 g/mol. The summed E-state index contributed by atoms with van der Waals surface area (Å²) in [6, 6.07) is 0.496. The first-order valence-electron chi connectivity index (χ1n) is 3.59. The summed E-state index contributed by atoms with van der Waals surface area (Å²) in [6.07, 6.45) is 6.02. The molecule has 2 atom stereocenters. The normalized spacial score (nSPS) is 32.1. The van der Waals surface area contributed by atoms with Gasteiger partial charge in [-0.3, -0.25) is 0 Å². The Bertz CT molecular complexity index is 101. The molecule has 1 rings (SSSR count). The van der Waals surface area contributed by atoms with Crippen molar-refractivity contribution in [3.8, 4) is 0 Å². The van der Waals surface area contributed by atoms with E-state index in [2.05, 4.69) is 0 Å². The molecule has 0 aromatic carbocycles. The minimum atomic E-state index is 0.496. The van der Waals surface area contributed by atoms with E-state index in [4.69, 9.17) is 11.1 Å². The van der Waals surface area contributed by atoms with Crippen LogP contribution in [0.1, 0.15) is 25.7 Å². The second kappa shape index (κ2) is 2.97. The zero-order valence-electron chi connectivity index (χ0n) is 5.64. The van der Waals surface area contributed by atoms with E-state index in [-0.39, 0.29) is 0 Å². The zero-order valence-corrected chi connectivity index (χ0v) is 5.64. The van der Waals surface area contributed by atoms with Crippen LogP contribution in [0.5, 0.6) is 0 Å². The van der Waals surface area contributed by atoms with Gasteiger partial charge in [-0.2, -0.15) is 0 Å². The van der Waals surface area contributed by atoms with Crippen LogP contribution in [0.4, 0.5) is 0 Å². The Kier molecular flexibility index (Phi) is 2.22.